The number of hydrogen-bond acceptors (Lipinski definition) is 3. The van der Waals surface area contributed by atoms with Crippen LogP contribution in [0.2, 0.25) is 0 Å². The number of amides is 3. The molecule has 6 nitrogen and oxygen atoms in total. The van der Waals surface area contributed by atoms with Gasteiger partial charge in [0.05, 0.1) is 18.0 Å². The highest BCUT2D eigenvalue weighted by molar-refractivity contribution is 5.92. The molecule has 3 amide bonds. The molecule has 0 saturated carbocycles. The molecule has 134 valence electrons. The van der Waals surface area contributed by atoms with Crippen molar-refractivity contribution >= 4 is 23.3 Å². The van der Waals surface area contributed by atoms with E-state index in [2.05, 4.69) is 29.8 Å². The Morgan fingerprint density at radius 2 is 1.71 bits per heavy atom. The Labute approximate surface area is 139 Å². The van der Waals surface area contributed by atoms with Gasteiger partial charge in [0, 0.05) is 26.1 Å². The highest BCUT2D eigenvalue weighted by Gasteiger charge is 2.13. The fourth-order valence-electron chi connectivity index (χ4n) is 1.75. The van der Waals surface area contributed by atoms with Gasteiger partial charge in [0.2, 0.25) is 5.91 Å². The fourth-order valence-corrected chi connectivity index (χ4v) is 1.75. The van der Waals surface area contributed by atoms with Crippen LogP contribution in [0.1, 0.15) is 27.2 Å². The normalized spacial score (nSPS) is 10.6. The molecule has 0 radical (unpaired) electrons. The molecule has 0 aliphatic rings. The minimum Gasteiger partial charge on any atom is -0.380 e. The Balaban J connectivity index is 2.47. The van der Waals surface area contributed by atoms with E-state index in [1.54, 1.807) is 0 Å². The standard InChI is InChI=1S/C16H23F2N3O3/c1-10(2)4-6-24-7-5-19-16(23)21-15-9-14(20-11(3)22)12(17)8-13(15)18/h8-10H,4-7H2,1-3H3,(H,20,22)(H2,19,21,23). The van der Waals surface area contributed by atoms with Gasteiger partial charge >= 0.3 is 6.03 Å². The van der Waals surface area contributed by atoms with Gasteiger partial charge in [-0.3, -0.25) is 4.79 Å². The smallest absolute Gasteiger partial charge is 0.319 e. The molecule has 0 aromatic heterocycles. The number of urea groups is 1. The predicted octanol–water partition coefficient (Wildman–Crippen LogP) is 3.11. The van der Waals surface area contributed by atoms with Gasteiger partial charge in [-0.1, -0.05) is 13.8 Å². The Hall–Kier alpha value is -2.22. The summed E-state index contributed by atoms with van der Waals surface area (Å²) < 4.78 is 32.5. The van der Waals surface area contributed by atoms with Crippen molar-refractivity contribution in [1.29, 1.82) is 0 Å². The molecule has 24 heavy (non-hydrogen) atoms. The maximum Gasteiger partial charge on any atom is 0.319 e. The maximum absolute atomic E-state index is 13.7. The van der Waals surface area contributed by atoms with Crippen molar-refractivity contribution in [3.8, 4) is 0 Å². The van der Waals surface area contributed by atoms with E-state index in [9.17, 15) is 18.4 Å². The van der Waals surface area contributed by atoms with Gasteiger partial charge in [0.1, 0.15) is 11.6 Å². The van der Waals surface area contributed by atoms with Crippen LogP contribution in [0.3, 0.4) is 0 Å². The lowest BCUT2D eigenvalue weighted by Gasteiger charge is -2.11. The first kappa shape index (κ1) is 19.8. The van der Waals surface area contributed by atoms with Crippen molar-refractivity contribution in [3.05, 3.63) is 23.8 Å². The van der Waals surface area contributed by atoms with Crippen LogP contribution >= 0.6 is 0 Å². The zero-order chi connectivity index (χ0) is 18.1. The molecule has 3 N–H and O–H groups in total. The molecule has 1 aromatic carbocycles. The Kier molecular flexibility index (Phi) is 8.11. The van der Waals surface area contributed by atoms with Crippen molar-refractivity contribution in [2.24, 2.45) is 5.92 Å². The number of anilines is 2. The average molecular weight is 343 g/mol. The maximum atomic E-state index is 13.7. The predicted molar refractivity (Wildman–Crippen MR) is 88.0 cm³/mol. The van der Waals surface area contributed by atoms with Crippen molar-refractivity contribution in [2.45, 2.75) is 27.2 Å². The first-order valence-electron chi connectivity index (χ1n) is 7.68. The van der Waals surface area contributed by atoms with Gasteiger partial charge in [-0.25, -0.2) is 13.6 Å². The Morgan fingerprint density at radius 1 is 1.08 bits per heavy atom. The summed E-state index contributed by atoms with van der Waals surface area (Å²) in [5.41, 5.74) is -0.449. The quantitative estimate of drug-likeness (QED) is 0.635. The molecule has 0 aliphatic heterocycles. The van der Waals surface area contributed by atoms with E-state index in [0.717, 1.165) is 12.5 Å². The molecule has 0 heterocycles. The summed E-state index contributed by atoms with van der Waals surface area (Å²) in [5.74, 6) is -1.83. The SMILES string of the molecule is CC(=O)Nc1cc(NC(=O)NCCOCCC(C)C)c(F)cc1F. The lowest BCUT2D eigenvalue weighted by atomic mass is 10.1. The third-order valence-corrected chi connectivity index (χ3v) is 2.99. The number of carbonyl (C=O) groups is 2. The lowest BCUT2D eigenvalue weighted by Crippen LogP contribution is -2.32. The lowest BCUT2D eigenvalue weighted by molar-refractivity contribution is -0.114. The highest BCUT2D eigenvalue weighted by atomic mass is 19.1. The second-order valence-electron chi connectivity index (χ2n) is 5.67. The van der Waals surface area contributed by atoms with Crippen molar-refractivity contribution in [3.63, 3.8) is 0 Å². The van der Waals surface area contributed by atoms with Crippen LogP contribution in [0.25, 0.3) is 0 Å². The van der Waals surface area contributed by atoms with Gasteiger partial charge in [-0.05, 0) is 18.4 Å². The molecular weight excluding hydrogens is 320 g/mol. The van der Waals surface area contributed by atoms with Crippen LogP contribution in [0.15, 0.2) is 12.1 Å². The van der Waals surface area contributed by atoms with Crippen LogP contribution < -0.4 is 16.0 Å². The number of ether oxygens (including phenoxy) is 1. The van der Waals surface area contributed by atoms with Crippen molar-refractivity contribution < 1.29 is 23.1 Å². The van der Waals surface area contributed by atoms with Crippen LogP contribution in [-0.4, -0.2) is 31.7 Å². The van der Waals surface area contributed by atoms with Gasteiger partial charge < -0.3 is 20.7 Å². The minimum atomic E-state index is -0.940. The van der Waals surface area contributed by atoms with Crippen LogP contribution in [0.5, 0.6) is 0 Å². The van der Waals surface area contributed by atoms with E-state index >= 15 is 0 Å². The first-order chi connectivity index (χ1) is 11.3. The van der Waals surface area contributed by atoms with Crippen molar-refractivity contribution in [1.82, 2.24) is 5.32 Å². The highest BCUT2D eigenvalue weighted by Crippen LogP contribution is 2.23. The van der Waals surface area contributed by atoms with E-state index in [0.29, 0.717) is 25.2 Å². The fraction of sp³-hybridized carbons (Fsp3) is 0.500. The summed E-state index contributed by atoms with van der Waals surface area (Å²) in [7, 11) is 0. The van der Waals surface area contributed by atoms with E-state index in [1.165, 1.54) is 6.92 Å². The monoisotopic (exact) mass is 343 g/mol. The molecule has 0 aliphatic carbocycles. The first-order valence-corrected chi connectivity index (χ1v) is 7.68. The van der Waals surface area contributed by atoms with Gasteiger partial charge in [0.15, 0.2) is 0 Å². The topological polar surface area (TPSA) is 79.5 Å². The summed E-state index contributed by atoms with van der Waals surface area (Å²) in [6.07, 6.45) is 0.929. The molecule has 0 atom stereocenters. The number of rotatable bonds is 8. The number of carbonyl (C=O) groups excluding carboxylic acids is 2. The van der Waals surface area contributed by atoms with E-state index in [4.69, 9.17) is 4.74 Å². The summed E-state index contributed by atoms with van der Waals surface area (Å²) >= 11 is 0. The molecule has 1 aromatic rings. The van der Waals surface area contributed by atoms with E-state index in [-0.39, 0.29) is 17.9 Å². The summed E-state index contributed by atoms with van der Waals surface area (Å²) in [6.45, 7) is 6.56. The summed E-state index contributed by atoms with van der Waals surface area (Å²) in [6, 6.07) is 0.961. The second kappa shape index (κ2) is 9.82. The second-order valence-corrected chi connectivity index (χ2v) is 5.67. The molecule has 0 unspecified atom stereocenters. The third kappa shape index (κ3) is 7.36. The van der Waals surface area contributed by atoms with Crippen LogP contribution in [0.4, 0.5) is 25.0 Å². The molecule has 0 fully saturated rings. The number of hydrogen-bond donors (Lipinski definition) is 3. The third-order valence-electron chi connectivity index (χ3n) is 2.99. The van der Waals surface area contributed by atoms with Crippen LogP contribution in [-0.2, 0) is 9.53 Å². The molecule has 8 heteroatoms. The Bertz CT molecular complexity index is 580. The number of halogens is 2. The zero-order valence-corrected chi connectivity index (χ0v) is 14.0. The average Bonchev–Trinajstić information content (AvgIpc) is 2.47. The van der Waals surface area contributed by atoms with Crippen LogP contribution in [0, 0.1) is 17.6 Å². The van der Waals surface area contributed by atoms with Gasteiger partial charge in [-0.2, -0.15) is 0 Å². The van der Waals surface area contributed by atoms with Crippen molar-refractivity contribution in [2.75, 3.05) is 30.4 Å². The minimum absolute atomic E-state index is 0.212. The number of nitrogens with one attached hydrogen (secondary N) is 3. The molecule has 0 saturated heterocycles. The Morgan fingerprint density at radius 3 is 2.29 bits per heavy atom. The number of benzene rings is 1. The molecule has 0 bridgehead atoms. The zero-order valence-electron chi connectivity index (χ0n) is 14.0. The van der Waals surface area contributed by atoms with Gasteiger partial charge in [0.25, 0.3) is 0 Å². The molecule has 0 spiro atoms. The molecule has 1 rings (SSSR count). The van der Waals surface area contributed by atoms with E-state index < -0.39 is 23.6 Å². The summed E-state index contributed by atoms with van der Waals surface area (Å²) in [4.78, 5) is 22.7. The summed E-state index contributed by atoms with van der Waals surface area (Å²) in [5, 5.41) is 6.98. The van der Waals surface area contributed by atoms with Gasteiger partial charge in [-0.15, -0.1) is 0 Å². The van der Waals surface area contributed by atoms with E-state index in [1.807, 2.05) is 0 Å². The molecular formula is C16H23F2N3O3. The largest absolute Gasteiger partial charge is 0.380 e.